The molecule has 0 unspecified atom stereocenters. The molecule has 0 radical (unpaired) electrons. The largest absolute Gasteiger partial charge is 1.00 e. The van der Waals surface area contributed by atoms with Crippen LogP contribution in [-0.2, 0) is 7.05 Å². The molecule has 0 N–H and O–H groups in total. The van der Waals surface area contributed by atoms with Crippen LogP contribution >= 0.6 is 11.3 Å². The van der Waals surface area contributed by atoms with Crippen molar-refractivity contribution in [2.24, 2.45) is 7.05 Å². The number of aryl methyl sites for hydroxylation is 2. The van der Waals surface area contributed by atoms with Gasteiger partial charge in [-0.15, -0.1) is 0 Å². The minimum Gasteiger partial charge on any atom is -1.00 e. The molecule has 0 aliphatic rings. The predicted molar refractivity (Wildman–Crippen MR) is 81.1 cm³/mol. The van der Waals surface area contributed by atoms with Crippen molar-refractivity contribution in [3.8, 4) is 0 Å². The van der Waals surface area contributed by atoms with Crippen LogP contribution in [0.2, 0.25) is 0 Å². The maximum Gasteiger partial charge on any atom is 0.762 e. The van der Waals surface area contributed by atoms with Gasteiger partial charge in [-0.3, -0.25) is 12.9 Å². The van der Waals surface area contributed by atoms with Crippen LogP contribution in [0, 0.1) is 6.92 Å². The summed E-state index contributed by atoms with van der Waals surface area (Å²) in [5, 5.41) is 3.99. The van der Waals surface area contributed by atoms with E-state index < -0.39 is 7.54 Å². The highest BCUT2D eigenvalue weighted by atomic mass is 32.1. The number of rotatable bonds is 0. The lowest BCUT2D eigenvalue weighted by Crippen LogP contribution is -3.00. The van der Waals surface area contributed by atoms with E-state index in [1.165, 1.54) is 26.0 Å². The Hall–Kier alpha value is -1.63. The molecular formula is C14H16BF4NS. The average molecular weight is 317 g/mol. The van der Waals surface area contributed by atoms with E-state index in [-0.39, 0.29) is 12.1 Å². The van der Waals surface area contributed by atoms with Crippen LogP contribution in [0.15, 0.2) is 36.4 Å². The molecule has 0 atom stereocenters. The molecule has 0 saturated carbocycles. The van der Waals surface area contributed by atoms with Crippen molar-refractivity contribution in [1.82, 2.24) is 0 Å². The van der Waals surface area contributed by atoms with Crippen molar-refractivity contribution in [3.05, 3.63) is 41.4 Å². The van der Waals surface area contributed by atoms with Crippen LogP contribution in [0.25, 0.3) is 21.0 Å². The lowest BCUT2D eigenvalue weighted by molar-refractivity contribution is -0.646. The summed E-state index contributed by atoms with van der Waals surface area (Å²) in [5.41, 5.74) is 1.33. The van der Waals surface area contributed by atoms with Gasteiger partial charge in [-0.1, -0.05) is 43.0 Å². The summed E-state index contributed by atoms with van der Waals surface area (Å²) in [6.07, 6.45) is 0. The van der Waals surface area contributed by atoms with E-state index in [4.69, 9.17) is 0 Å². The molecule has 3 rings (SSSR count). The van der Waals surface area contributed by atoms with Crippen LogP contribution in [0.3, 0.4) is 0 Å². The van der Waals surface area contributed by atoms with Crippen molar-refractivity contribution in [3.63, 3.8) is 0 Å². The first kappa shape index (κ1) is 19.4. The fourth-order valence-corrected chi connectivity index (χ4v) is 2.99. The Labute approximate surface area is 125 Å². The van der Waals surface area contributed by atoms with Crippen LogP contribution in [0.4, 0.5) is 12.9 Å². The highest BCUT2D eigenvalue weighted by molar-refractivity contribution is 7.18. The second-order valence-corrected chi connectivity index (χ2v) is 5.33. The molecule has 0 saturated heterocycles. The Morgan fingerprint density at radius 2 is 1.52 bits per heavy atom. The summed E-state index contributed by atoms with van der Waals surface area (Å²) in [5.74, 6) is 0. The topological polar surface area (TPSA) is 3.88 Å². The summed E-state index contributed by atoms with van der Waals surface area (Å²) >= 11 is 1.86. The lowest BCUT2D eigenvalue weighted by Gasteiger charge is -1.94. The van der Waals surface area contributed by atoms with E-state index in [0.717, 1.165) is 0 Å². The first-order valence-corrected chi connectivity index (χ1v) is 6.51. The van der Waals surface area contributed by atoms with Crippen molar-refractivity contribution in [2.75, 3.05) is 0 Å². The molecule has 1 aromatic heterocycles. The third kappa shape index (κ3) is 4.42. The summed E-state index contributed by atoms with van der Waals surface area (Å²) in [6.45, 7) is 2.16. The minimum atomic E-state index is -3.67. The van der Waals surface area contributed by atoms with Gasteiger partial charge in [0.2, 0.25) is 10.5 Å². The van der Waals surface area contributed by atoms with Crippen molar-refractivity contribution < 1.29 is 22.2 Å². The Morgan fingerprint density at radius 3 is 2.05 bits per heavy atom. The molecule has 1 heterocycles. The molecule has 0 spiro atoms. The molecule has 0 fully saturated rings. The summed E-state index contributed by atoms with van der Waals surface area (Å²) in [6, 6.07) is 13.1. The minimum absolute atomic E-state index is 0. The van der Waals surface area contributed by atoms with Crippen molar-refractivity contribution in [1.29, 1.82) is 0 Å². The summed E-state index contributed by atoms with van der Waals surface area (Å²) in [7, 11) is -1.54. The zero-order valence-electron chi connectivity index (χ0n) is 10.9. The van der Waals surface area contributed by atoms with E-state index in [1.54, 1.807) is 0 Å². The fourth-order valence-electron chi connectivity index (χ4n) is 1.95. The van der Waals surface area contributed by atoms with Gasteiger partial charge in [0, 0.05) is 13.0 Å². The molecule has 21 heavy (non-hydrogen) atoms. The highest BCUT2D eigenvalue weighted by Crippen LogP contribution is 2.25. The van der Waals surface area contributed by atoms with Gasteiger partial charge in [-0.2, -0.15) is 4.57 Å². The fraction of sp³-hybridized carbons (Fsp3) is 0.214. The molecule has 3 aromatic rings. The number of hydrogen-bond acceptors (Lipinski definition) is 1. The van der Waals surface area contributed by atoms with Crippen LogP contribution in [0.1, 0.15) is 12.4 Å². The van der Waals surface area contributed by atoms with Gasteiger partial charge in [0.1, 0.15) is 11.7 Å². The number of thiazole rings is 1. The van der Waals surface area contributed by atoms with Gasteiger partial charge in [0.05, 0.1) is 0 Å². The standard InChI is InChI=1S/C13H12NS.CH4.BF3.FH/c1-9-14(2)12-7-10-5-3-4-6-11(10)8-13(12)15-9;;2-1(3)4;/h3-8H,1-2H3;1H4;;1H/q+1;;;/p-1. The smallest absolute Gasteiger partial charge is 0.762 e. The Balaban J connectivity index is 0.000000602. The van der Waals surface area contributed by atoms with E-state index in [1.807, 2.05) is 11.3 Å². The molecule has 0 aliphatic carbocycles. The molecule has 2 aromatic carbocycles. The quantitative estimate of drug-likeness (QED) is 0.338. The lowest BCUT2D eigenvalue weighted by atomic mass is 10.1. The van der Waals surface area contributed by atoms with Crippen LogP contribution in [-0.4, -0.2) is 7.54 Å². The Morgan fingerprint density at radius 1 is 1.05 bits per heavy atom. The number of nitrogens with zero attached hydrogens (tertiary/aromatic N) is 1. The Bertz CT molecular complexity index is 712. The molecule has 1 nitrogen and oxygen atoms in total. The van der Waals surface area contributed by atoms with Gasteiger partial charge in [0.15, 0.2) is 0 Å². The number of hydrogen-bond donors (Lipinski definition) is 0. The summed E-state index contributed by atoms with van der Waals surface area (Å²) in [4.78, 5) is 0. The molecule has 114 valence electrons. The SMILES string of the molecule is C.Cc1sc2cc3ccccc3cc2[n+]1C.FB(F)F.[F-]. The normalized spacial score (nSPS) is 9.38. The van der Waals surface area contributed by atoms with Crippen molar-refractivity contribution in [2.45, 2.75) is 14.4 Å². The van der Waals surface area contributed by atoms with Crippen LogP contribution < -0.4 is 9.27 Å². The third-order valence-corrected chi connectivity index (χ3v) is 4.03. The number of fused-ring (bicyclic) bond motifs is 2. The monoisotopic (exact) mass is 317 g/mol. The molecule has 0 aliphatic heterocycles. The number of halogens is 4. The molecule has 0 bridgehead atoms. The second-order valence-electron chi connectivity index (χ2n) is 4.09. The first-order valence-electron chi connectivity index (χ1n) is 5.69. The zero-order chi connectivity index (χ0) is 14.0. The number of benzene rings is 2. The Kier molecular flexibility index (Phi) is 7.36. The van der Waals surface area contributed by atoms with Gasteiger partial charge >= 0.3 is 7.54 Å². The van der Waals surface area contributed by atoms with Gasteiger partial charge < -0.3 is 4.70 Å². The second kappa shape index (κ2) is 7.97. The van der Waals surface area contributed by atoms with E-state index in [9.17, 15) is 12.9 Å². The van der Waals surface area contributed by atoms with Crippen molar-refractivity contribution >= 4 is 39.9 Å². The zero-order valence-corrected chi connectivity index (χ0v) is 11.7. The van der Waals surface area contributed by atoms with Gasteiger partial charge in [-0.05, 0) is 16.8 Å². The van der Waals surface area contributed by atoms with E-state index in [0.29, 0.717) is 0 Å². The first-order chi connectivity index (χ1) is 8.99. The highest BCUT2D eigenvalue weighted by Gasteiger charge is 2.13. The van der Waals surface area contributed by atoms with Gasteiger partial charge in [-0.25, -0.2) is 0 Å². The average Bonchev–Trinajstić information content (AvgIpc) is 2.62. The maximum absolute atomic E-state index is 9.67. The van der Waals surface area contributed by atoms with Gasteiger partial charge in [0.25, 0.3) is 0 Å². The molecular weight excluding hydrogens is 301 g/mol. The summed E-state index contributed by atoms with van der Waals surface area (Å²) < 4.78 is 32.6. The van der Waals surface area contributed by atoms with E-state index >= 15 is 0 Å². The number of aromatic nitrogens is 1. The van der Waals surface area contributed by atoms with E-state index in [2.05, 4.69) is 54.9 Å². The molecule has 0 amide bonds. The molecule has 7 heteroatoms. The third-order valence-electron chi connectivity index (χ3n) is 2.92. The maximum atomic E-state index is 9.67. The van der Waals surface area contributed by atoms with Crippen LogP contribution in [0.5, 0.6) is 0 Å². The predicted octanol–water partition coefficient (Wildman–Crippen LogP) is 1.71.